The van der Waals surface area contributed by atoms with Gasteiger partial charge in [-0.1, -0.05) is 12.1 Å². The molecule has 0 heterocycles. The van der Waals surface area contributed by atoms with Gasteiger partial charge in [0.15, 0.2) is 18.1 Å². The van der Waals surface area contributed by atoms with Crippen LogP contribution in [0.5, 0.6) is 11.5 Å². The van der Waals surface area contributed by atoms with Gasteiger partial charge in [-0.05, 0) is 57.3 Å². The lowest BCUT2D eigenvalue weighted by Gasteiger charge is -2.33. The molecule has 0 spiro atoms. The number of carbonyl (C=O) groups is 5. The summed E-state index contributed by atoms with van der Waals surface area (Å²) in [6.45, 7) is 1.15. The van der Waals surface area contributed by atoms with Gasteiger partial charge in [0.2, 0.25) is 11.7 Å². The Hall–Kier alpha value is -3.88. The number of nitrogens with one attached hydrogen (secondary N) is 2. The van der Waals surface area contributed by atoms with E-state index >= 15 is 0 Å². The Balaban J connectivity index is 0.000000905. The third-order valence-corrected chi connectivity index (χ3v) is 5.51. The van der Waals surface area contributed by atoms with Crippen molar-refractivity contribution >= 4 is 29.6 Å². The zero-order valence-electron chi connectivity index (χ0n) is 20.5. The van der Waals surface area contributed by atoms with E-state index in [1.54, 1.807) is 0 Å². The van der Waals surface area contributed by atoms with Crippen LogP contribution in [0.25, 0.3) is 0 Å². The number of amides is 1. The van der Waals surface area contributed by atoms with Gasteiger partial charge in [-0.25, -0.2) is 14.4 Å². The van der Waals surface area contributed by atoms with E-state index in [1.807, 2.05) is 7.05 Å². The Kier molecular flexibility index (Phi) is 12.0. The van der Waals surface area contributed by atoms with Gasteiger partial charge in [0.05, 0.1) is 0 Å². The summed E-state index contributed by atoms with van der Waals surface area (Å²) < 4.78 is 42.3. The van der Waals surface area contributed by atoms with Crippen molar-refractivity contribution in [1.82, 2.24) is 10.6 Å². The number of para-hydroxylation sites is 2. The van der Waals surface area contributed by atoms with E-state index in [0.29, 0.717) is 18.8 Å². The maximum atomic E-state index is 12.8. The van der Waals surface area contributed by atoms with Crippen LogP contribution in [0, 0.1) is 11.8 Å². The summed E-state index contributed by atoms with van der Waals surface area (Å²) in [7, 11) is 1.86. The Morgan fingerprint density at radius 2 is 1.47 bits per heavy atom. The third kappa shape index (κ3) is 9.53. The van der Waals surface area contributed by atoms with Crippen LogP contribution in [0.3, 0.4) is 0 Å². The highest BCUT2D eigenvalue weighted by atomic mass is 19.4. The number of benzene rings is 1. The molecule has 0 radical (unpaired) electrons. The van der Waals surface area contributed by atoms with E-state index < -0.39 is 54.0 Å². The summed E-state index contributed by atoms with van der Waals surface area (Å²) in [6, 6.07) is 5.73. The molecule has 1 aromatic carbocycles. The highest BCUT2D eigenvalue weighted by molar-refractivity contribution is 6.08. The smallest absolute Gasteiger partial charge is 0.479 e. The number of rotatable bonds is 11. The first-order valence-electron chi connectivity index (χ1n) is 11.3. The quantitative estimate of drug-likeness (QED) is 0.199. The molecular formula is C23H29F3N2O10. The largest absolute Gasteiger partial charge is 0.490 e. The SMILES string of the molecule is CNC[C@H]1CC[C@H](C(=O)NC(Oc2ccccc2OCC(=O)O)(C(C)=O)C(=O)O)CC1.O=C(O)C(F)(F)F. The van der Waals surface area contributed by atoms with Crippen molar-refractivity contribution in [2.24, 2.45) is 11.8 Å². The number of Topliss-reactive ketones (excluding diaryl/α,β-unsaturated/α-hetero) is 1. The van der Waals surface area contributed by atoms with E-state index in [0.717, 1.165) is 26.3 Å². The molecule has 1 amide bonds. The fraction of sp³-hybridized carbons (Fsp3) is 0.522. The Morgan fingerprint density at radius 3 is 1.89 bits per heavy atom. The zero-order chi connectivity index (χ0) is 29.1. The molecule has 12 nitrogen and oxygen atoms in total. The molecule has 1 saturated carbocycles. The van der Waals surface area contributed by atoms with Crippen molar-refractivity contribution < 1.29 is 61.9 Å². The van der Waals surface area contributed by atoms with Gasteiger partial charge < -0.3 is 35.4 Å². The lowest BCUT2D eigenvalue weighted by molar-refractivity contribution is -0.192. The fourth-order valence-corrected chi connectivity index (χ4v) is 3.58. The van der Waals surface area contributed by atoms with E-state index in [-0.39, 0.29) is 11.5 Å². The van der Waals surface area contributed by atoms with Crippen molar-refractivity contribution in [1.29, 1.82) is 0 Å². The summed E-state index contributed by atoms with van der Waals surface area (Å²) in [5, 5.41) is 31.2. The van der Waals surface area contributed by atoms with Crippen LogP contribution in [-0.4, -0.2) is 77.0 Å². The minimum atomic E-state index is -5.08. The maximum absolute atomic E-state index is 12.8. The summed E-state index contributed by atoms with van der Waals surface area (Å²) in [5.74, 6) is -7.45. The number of ether oxygens (including phenoxy) is 2. The number of ketones is 1. The highest BCUT2D eigenvalue weighted by Crippen LogP contribution is 2.32. The molecule has 1 atom stereocenters. The maximum Gasteiger partial charge on any atom is 0.490 e. The number of aliphatic carboxylic acids is 3. The Labute approximate surface area is 215 Å². The number of hydrogen-bond acceptors (Lipinski definition) is 8. The standard InChI is InChI=1S/C21H28N2O8.C2HF3O2/c1-13(24)21(20(28)29,23-19(27)15-9-7-14(8-10-15)11-22-2)31-17-6-4-3-5-16(17)30-12-18(25)26;3-2(4,5)1(6)7/h3-6,14-15,22H,7-12H2,1-2H3,(H,23,27)(H,25,26)(H,28,29);(H,6,7)/t14-,15-,21?;. The van der Waals surface area contributed by atoms with Gasteiger partial charge in [-0.15, -0.1) is 0 Å². The van der Waals surface area contributed by atoms with E-state index in [2.05, 4.69) is 10.6 Å². The average Bonchev–Trinajstić information content (AvgIpc) is 2.83. The Bertz CT molecular complexity index is 993. The van der Waals surface area contributed by atoms with Gasteiger partial charge in [0, 0.05) is 12.8 Å². The van der Waals surface area contributed by atoms with Crippen molar-refractivity contribution in [2.75, 3.05) is 20.2 Å². The Morgan fingerprint density at radius 1 is 0.947 bits per heavy atom. The minimum absolute atomic E-state index is 0.0707. The molecule has 38 heavy (non-hydrogen) atoms. The van der Waals surface area contributed by atoms with Crippen molar-refractivity contribution in [2.45, 2.75) is 44.5 Å². The molecule has 212 valence electrons. The van der Waals surface area contributed by atoms with Crippen LogP contribution in [-0.2, 0) is 24.0 Å². The van der Waals surface area contributed by atoms with Crippen LogP contribution < -0.4 is 20.1 Å². The molecule has 1 unspecified atom stereocenters. The first-order valence-corrected chi connectivity index (χ1v) is 11.3. The van der Waals surface area contributed by atoms with Crippen molar-refractivity contribution in [3.63, 3.8) is 0 Å². The molecule has 5 N–H and O–H groups in total. The first kappa shape index (κ1) is 32.1. The number of alkyl halides is 3. The topological polar surface area (TPSA) is 189 Å². The van der Waals surface area contributed by atoms with Gasteiger partial charge in [-0.2, -0.15) is 13.2 Å². The number of carboxylic acids is 3. The van der Waals surface area contributed by atoms with Crippen LogP contribution in [0.15, 0.2) is 24.3 Å². The van der Waals surface area contributed by atoms with Crippen LogP contribution in [0.2, 0.25) is 0 Å². The van der Waals surface area contributed by atoms with E-state index in [9.17, 15) is 37.5 Å². The van der Waals surface area contributed by atoms with Gasteiger partial charge in [0.1, 0.15) is 0 Å². The predicted octanol–water partition coefficient (Wildman–Crippen LogP) is 1.67. The minimum Gasteiger partial charge on any atom is -0.479 e. The molecule has 1 fully saturated rings. The monoisotopic (exact) mass is 550 g/mol. The van der Waals surface area contributed by atoms with E-state index in [4.69, 9.17) is 24.5 Å². The molecule has 2 rings (SSSR count). The molecular weight excluding hydrogens is 521 g/mol. The first-order chi connectivity index (χ1) is 17.6. The molecule has 0 aromatic heterocycles. The van der Waals surface area contributed by atoms with E-state index in [1.165, 1.54) is 24.3 Å². The van der Waals surface area contributed by atoms with Crippen LogP contribution >= 0.6 is 0 Å². The average molecular weight is 550 g/mol. The molecule has 1 aliphatic carbocycles. The molecule has 1 aromatic rings. The van der Waals surface area contributed by atoms with Crippen molar-refractivity contribution in [3.8, 4) is 11.5 Å². The van der Waals surface area contributed by atoms with Crippen molar-refractivity contribution in [3.05, 3.63) is 24.3 Å². The predicted molar refractivity (Wildman–Crippen MR) is 122 cm³/mol. The van der Waals surface area contributed by atoms with Crippen LogP contribution in [0.4, 0.5) is 13.2 Å². The molecule has 0 aliphatic heterocycles. The lowest BCUT2D eigenvalue weighted by Crippen LogP contribution is -2.64. The number of carbonyl (C=O) groups excluding carboxylic acids is 2. The summed E-state index contributed by atoms with van der Waals surface area (Å²) in [4.78, 5) is 57.0. The molecule has 0 saturated heterocycles. The van der Waals surface area contributed by atoms with Gasteiger partial charge in [0.25, 0.3) is 0 Å². The highest BCUT2D eigenvalue weighted by Gasteiger charge is 2.50. The summed E-state index contributed by atoms with van der Waals surface area (Å²) >= 11 is 0. The molecule has 1 aliphatic rings. The zero-order valence-corrected chi connectivity index (χ0v) is 20.5. The lowest BCUT2D eigenvalue weighted by atomic mass is 9.81. The number of carboxylic acid groups (broad SMARTS) is 3. The third-order valence-electron chi connectivity index (χ3n) is 5.51. The molecule has 0 bridgehead atoms. The van der Waals surface area contributed by atoms with Crippen LogP contribution in [0.1, 0.15) is 32.6 Å². The second-order valence-corrected chi connectivity index (χ2v) is 8.34. The second-order valence-electron chi connectivity index (χ2n) is 8.34. The van der Waals surface area contributed by atoms with Gasteiger partial charge >= 0.3 is 29.8 Å². The second kappa shape index (κ2) is 14.2. The fourth-order valence-electron chi connectivity index (χ4n) is 3.58. The summed E-state index contributed by atoms with van der Waals surface area (Å²) in [5.41, 5.74) is -2.67. The van der Waals surface area contributed by atoms with Gasteiger partial charge in [-0.3, -0.25) is 9.59 Å². The summed E-state index contributed by atoms with van der Waals surface area (Å²) in [6.07, 6.45) is -2.31. The number of hydrogen-bond donors (Lipinski definition) is 5. The number of halogens is 3. The normalized spacial score (nSPS) is 18.6. The molecule has 15 heteroatoms.